The van der Waals surface area contributed by atoms with E-state index < -0.39 is 5.91 Å². The average Bonchev–Trinajstić information content (AvgIpc) is 3.14. The quantitative estimate of drug-likeness (QED) is 0.424. The van der Waals surface area contributed by atoms with Crippen LogP contribution in [0.25, 0.3) is 0 Å². The third kappa shape index (κ3) is 5.23. The topological polar surface area (TPSA) is 73.1 Å². The fraction of sp³-hybridized carbons (Fsp3) is 0.143. The second-order valence-corrected chi connectivity index (χ2v) is 6.85. The minimum atomic E-state index is -0.411. The molecule has 1 aromatic heterocycles. The number of rotatable bonds is 7. The van der Waals surface area contributed by atoms with Crippen molar-refractivity contribution < 1.29 is 18.7 Å². The Balaban J connectivity index is 1.61. The van der Waals surface area contributed by atoms with Crippen LogP contribution in [0, 0.1) is 6.92 Å². The molecule has 144 valence electrons. The summed E-state index contributed by atoms with van der Waals surface area (Å²) in [5.74, 6) is 1.67. The van der Waals surface area contributed by atoms with Gasteiger partial charge in [-0.1, -0.05) is 28.1 Å². The molecule has 3 rings (SSSR count). The first-order valence-corrected chi connectivity index (χ1v) is 9.29. The summed E-state index contributed by atoms with van der Waals surface area (Å²) in [6.07, 6.45) is 1.52. The number of methoxy groups -OCH3 is 1. The zero-order chi connectivity index (χ0) is 19.9. The number of carbonyl (C=O) groups is 1. The molecule has 0 aliphatic heterocycles. The number of nitrogens with zero attached hydrogens (tertiary/aromatic N) is 1. The van der Waals surface area contributed by atoms with Crippen LogP contribution in [0.1, 0.15) is 27.4 Å². The van der Waals surface area contributed by atoms with Crippen LogP contribution in [-0.4, -0.2) is 19.2 Å². The number of hydrazone groups is 1. The van der Waals surface area contributed by atoms with Gasteiger partial charge in [0, 0.05) is 4.47 Å². The molecule has 7 heteroatoms. The van der Waals surface area contributed by atoms with Gasteiger partial charge in [-0.05, 0) is 60.5 Å². The molecule has 3 aromatic rings. The standard InChI is InChI=1S/C21H19BrN2O4/c1-14-3-9-19(28-14)21(25)24-23-12-16-6-10-18(20(11-16)26-2)27-13-15-4-7-17(22)8-5-15/h3-12H,13H2,1-2H3,(H,24,25)/b23-12-. The molecule has 1 amide bonds. The maximum absolute atomic E-state index is 11.9. The summed E-state index contributed by atoms with van der Waals surface area (Å²) in [5.41, 5.74) is 4.23. The molecule has 0 saturated heterocycles. The van der Waals surface area contributed by atoms with Gasteiger partial charge in [0.2, 0.25) is 0 Å². The highest BCUT2D eigenvalue weighted by atomic mass is 79.9. The van der Waals surface area contributed by atoms with Gasteiger partial charge in [0.1, 0.15) is 12.4 Å². The highest BCUT2D eigenvalue weighted by Crippen LogP contribution is 2.28. The number of benzene rings is 2. The Bertz CT molecular complexity index is 980. The molecule has 2 aromatic carbocycles. The van der Waals surface area contributed by atoms with Crippen LogP contribution >= 0.6 is 15.9 Å². The largest absolute Gasteiger partial charge is 0.493 e. The SMILES string of the molecule is COc1cc(/C=N\NC(=O)c2ccc(C)o2)ccc1OCc1ccc(Br)cc1. The lowest BCUT2D eigenvalue weighted by molar-refractivity contribution is 0.0926. The average molecular weight is 443 g/mol. The van der Waals surface area contributed by atoms with Gasteiger partial charge >= 0.3 is 5.91 Å². The first-order chi connectivity index (χ1) is 13.5. The summed E-state index contributed by atoms with van der Waals surface area (Å²) < 4.78 is 17.5. The molecule has 6 nitrogen and oxygen atoms in total. The minimum Gasteiger partial charge on any atom is -0.493 e. The van der Waals surface area contributed by atoms with Gasteiger partial charge in [-0.3, -0.25) is 4.79 Å². The van der Waals surface area contributed by atoms with Crippen molar-refractivity contribution in [1.29, 1.82) is 0 Å². The van der Waals surface area contributed by atoms with Crippen LogP contribution in [0.5, 0.6) is 11.5 Å². The molecule has 1 N–H and O–H groups in total. The van der Waals surface area contributed by atoms with Crippen LogP contribution < -0.4 is 14.9 Å². The molecule has 0 spiro atoms. The lowest BCUT2D eigenvalue weighted by Crippen LogP contribution is -2.16. The third-order valence-electron chi connectivity index (χ3n) is 3.84. The van der Waals surface area contributed by atoms with Crippen molar-refractivity contribution in [3.8, 4) is 11.5 Å². The molecule has 28 heavy (non-hydrogen) atoms. The molecule has 0 fully saturated rings. The summed E-state index contributed by atoms with van der Waals surface area (Å²) in [7, 11) is 1.57. The van der Waals surface area contributed by atoms with Crippen LogP contribution in [0.2, 0.25) is 0 Å². The Kier molecular flexibility index (Phi) is 6.49. The highest BCUT2D eigenvalue weighted by molar-refractivity contribution is 9.10. The van der Waals surface area contributed by atoms with Crippen LogP contribution in [0.15, 0.2) is 68.6 Å². The Labute approximate surface area is 171 Å². The van der Waals surface area contributed by atoms with E-state index in [-0.39, 0.29) is 5.76 Å². The highest BCUT2D eigenvalue weighted by Gasteiger charge is 2.09. The normalized spacial score (nSPS) is 10.8. The van der Waals surface area contributed by atoms with Gasteiger partial charge in [-0.25, -0.2) is 5.43 Å². The number of furan rings is 1. The van der Waals surface area contributed by atoms with E-state index in [0.29, 0.717) is 23.9 Å². The van der Waals surface area contributed by atoms with Crippen molar-refractivity contribution >= 4 is 28.1 Å². The van der Waals surface area contributed by atoms with Crippen molar-refractivity contribution in [2.75, 3.05) is 7.11 Å². The van der Waals surface area contributed by atoms with E-state index in [1.54, 1.807) is 38.3 Å². The van der Waals surface area contributed by atoms with Gasteiger partial charge in [0.15, 0.2) is 17.3 Å². The maximum Gasteiger partial charge on any atom is 0.307 e. The zero-order valence-electron chi connectivity index (χ0n) is 15.4. The van der Waals surface area contributed by atoms with E-state index >= 15 is 0 Å². The number of ether oxygens (including phenoxy) is 2. The predicted octanol–water partition coefficient (Wildman–Crippen LogP) is 4.70. The van der Waals surface area contributed by atoms with E-state index in [2.05, 4.69) is 26.5 Å². The number of carbonyl (C=O) groups excluding carboxylic acids is 1. The van der Waals surface area contributed by atoms with Crippen molar-refractivity contribution in [3.05, 3.63) is 81.7 Å². The fourth-order valence-electron chi connectivity index (χ4n) is 2.40. The van der Waals surface area contributed by atoms with Gasteiger partial charge in [-0.2, -0.15) is 5.10 Å². The maximum atomic E-state index is 11.9. The molecule has 0 atom stereocenters. The Morgan fingerprint density at radius 2 is 1.93 bits per heavy atom. The summed E-state index contributed by atoms with van der Waals surface area (Å²) in [5, 5.41) is 3.95. The molecule has 0 aliphatic carbocycles. The lowest BCUT2D eigenvalue weighted by Gasteiger charge is -2.11. The van der Waals surface area contributed by atoms with Gasteiger partial charge in [0.25, 0.3) is 0 Å². The van der Waals surface area contributed by atoms with Crippen molar-refractivity contribution in [1.82, 2.24) is 5.43 Å². The van der Waals surface area contributed by atoms with Crippen molar-refractivity contribution in [2.24, 2.45) is 5.10 Å². The third-order valence-corrected chi connectivity index (χ3v) is 4.37. The first kappa shape index (κ1) is 19.7. The van der Waals surface area contributed by atoms with Crippen LogP contribution in [-0.2, 0) is 6.61 Å². The smallest absolute Gasteiger partial charge is 0.307 e. The molecule has 0 aliphatic rings. The van der Waals surface area contributed by atoms with Gasteiger partial charge in [0.05, 0.1) is 13.3 Å². The fourth-order valence-corrected chi connectivity index (χ4v) is 2.67. The monoisotopic (exact) mass is 442 g/mol. The number of hydrogen-bond donors (Lipinski definition) is 1. The van der Waals surface area contributed by atoms with Gasteiger partial charge in [-0.15, -0.1) is 0 Å². The van der Waals surface area contributed by atoms with Crippen LogP contribution in [0.4, 0.5) is 0 Å². The summed E-state index contributed by atoms with van der Waals surface area (Å²) in [6.45, 7) is 2.20. The molecule has 1 heterocycles. The Morgan fingerprint density at radius 1 is 1.14 bits per heavy atom. The Hall–Kier alpha value is -3.06. The van der Waals surface area contributed by atoms with E-state index in [4.69, 9.17) is 13.9 Å². The summed E-state index contributed by atoms with van der Waals surface area (Å²) >= 11 is 3.41. The van der Waals surface area contributed by atoms with E-state index in [1.807, 2.05) is 30.3 Å². The minimum absolute atomic E-state index is 0.212. The van der Waals surface area contributed by atoms with Crippen molar-refractivity contribution in [2.45, 2.75) is 13.5 Å². The molecule has 0 saturated carbocycles. The first-order valence-electron chi connectivity index (χ1n) is 8.50. The molecule has 0 radical (unpaired) electrons. The van der Waals surface area contributed by atoms with E-state index in [1.165, 1.54) is 6.21 Å². The second kappa shape index (κ2) is 9.23. The molecule has 0 bridgehead atoms. The second-order valence-electron chi connectivity index (χ2n) is 5.93. The number of halogens is 1. The number of nitrogens with one attached hydrogen (secondary N) is 1. The Morgan fingerprint density at radius 3 is 2.61 bits per heavy atom. The molecular formula is C21H19BrN2O4. The number of aryl methyl sites for hydroxylation is 1. The number of amides is 1. The van der Waals surface area contributed by atoms with Crippen LogP contribution in [0.3, 0.4) is 0 Å². The molecule has 0 unspecified atom stereocenters. The predicted molar refractivity (Wildman–Crippen MR) is 110 cm³/mol. The summed E-state index contributed by atoms with van der Waals surface area (Å²) in [6, 6.07) is 16.6. The number of hydrogen-bond acceptors (Lipinski definition) is 5. The van der Waals surface area contributed by atoms with E-state index in [0.717, 1.165) is 15.6 Å². The summed E-state index contributed by atoms with van der Waals surface area (Å²) in [4.78, 5) is 11.9. The molecular weight excluding hydrogens is 424 g/mol. The van der Waals surface area contributed by atoms with Gasteiger partial charge < -0.3 is 13.9 Å². The van der Waals surface area contributed by atoms with Crippen molar-refractivity contribution in [3.63, 3.8) is 0 Å². The zero-order valence-corrected chi connectivity index (χ0v) is 17.0. The van der Waals surface area contributed by atoms with E-state index in [9.17, 15) is 4.79 Å². The lowest BCUT2D eigenvalue weighted by atomic mass is 10.2.